The van der Waals surface area contributed by atoms with Gasteiger partial charge in [0.25, 0.3) is 0 Å². The predicted molar refractivity (Wildman–Crippen MR) is 63.0 cm³/mol. The van der Waals surface area contributed by atoms with Gasteiger partial charge < -0.3 is 20.8 Å². The van der Waals surface area contributed by atoms with Gasteiger partial charge in [-0.05, 0) is 12.1 Å². The van der Waals surface area contributed by atoms with Crippen LogP contribution in [0.5, 0.6) is 5.75 Å². The van der Waals surface area contributed by atoms with Gasteiger partial charge >= 0.3 is 24.3 Å². The largest absolute Gasteiger partial charge is 0.507 e. The highest BCUT2D eigenvalue weighted by atomic mass is 19.3. The highest BCUT2D eigenvalue weighted by molar-refractivity contribution is 5.93. The van der Waals surface area contributed by atoms with Crippen LogP contribution in [0.4, 0.5) is 28.0 Å². The predicted octanol–water partition coefficient (Wildman–Crippen LogP) is 2.11. The highest BCUT2D eigenvalue weighted by Crippen LogP contribution is 2.23. The minimum Gasteiger partial charge on any atom is -0.507 e. The molecule has 2 amide bonds. The van der Waals surface area contributed by atoms with E-state index in [0.29, 0.717) is 0 Å². The van der Waals surface area contributed by atoms with Crippen LogP contribution in [0.15, 0.2) is 18.2 Å². The molecule has 4 N–H and O–H groups in total. The molecule has 0 fully saturated rings. The molecule has 0 saturated heterocycles. The van der Waals surface area contributed by atoms with Crippen LogP contribution in [-0.2, 0) is 0 Å². The molecule has 0 heterocycles. The molecule has 0 aliphatic carbocycles. The number of hydrogen-bond acceptors (Lipinski definition) is 3. The molecule has 0 bridgehead atoms. The van der Waals surface area contributed by atoms with Crippen molar-refractivity contribution in [1.82, 2.24) is 5.32 Å². The lowest BCUT2D eigenvalue weighted by atomic mass is 10.2. The monoisotopic (exact) mass is 310 g/mol. The van der Waals surface area contributed by atoms with Crippen LogP contribution in [0.3, 0.4) is 0 Å². The second kappa shape index (κ2) is 6.29. The Morgan fingerprint density at radius 2 is 1.90 bits per heavy atom. The Bertz CT molecular complexity index is 551. The molecule has 0 atom stereocenters. The summed E-state index contributed by atoms with van der Waals surface area (Å²) in [6.07, 6.45) is -3.92. The maximum atomic E-state index is 12.6. The topological polar surface area (TPSA) is 98.7 Å². The third-order valence-electron chi connectivity index (χ3n) is 2.29. The zero-order chi connectivity index (χ0) is 16.2. The molecule has 0 aromatic heterocycles. The zero-order valence-electron chi connectivity index (χ0n) is 10.2. The summed E-state index contributed by atoms with van der Waals surface area (Å²) in [7, 11) is 0. The number of hydrogen-bond donors (Lipinski definition) is 4. The average Bonchev–Trinajstić information content (AvgIpc) is 2.36. The van der Waals surface area contributed by atoms with E-state index in [9.17, 15) is 32.3 Å². The fraction of sp³-hybridized carbons (Fsp3) is 0.273. The number of nitrogens with one attached hydrogen (secondary N) is 2. The fourth-order valence-corrected chi connectivity index (χ4v) is 1.24. The first kappa shape index (κ1) is 16.5. The summed E-state index contributed by atoms with van der Waals surface area (Å²) in [5, 5.41) is 21.5. The minimum atomic E-state index is -4.37. The Hall–Kier alpha value is -2.52. The van der Waals surface area contributed by atoms with Crippen molar-refractivity contribution in [2.45, 2.75) is 12.3 Å². The molecule has 0 aliphatic heterocycles. The van der Waals surface area contributed by atoms with Crippen LogP contribution >= 0.6 is 0 Å². The second-order valence-corrected chi connectivity index (χ2v) is 3.91. The molecular formula is C11H10F4N2O4. The van der Waals surface area contributed by atoms with Crippen molar-refractivity contribution >= 4 is 17.7 Å². The summed E-state index contributed by atoms with van der Waals surface area (Å²) in [6.45, 7) is -1.57. The summed E-state index contributed by atoms with van der Waals surface area (Å²) in [5.41, 5.74) is -0.527. The van der Waals surface area contributed by atoms with Crippen molar-refractivity contribution in [3.8, 4) is 5.75 Å². The van der Waals surface area contributed by atoms with E-state index in [0.717, 1.165) is 18.2 Å². The summed E-state index contributed by atoms with van der Waals surface area (Å²) >= 11 is 0. The molecule has 0 aliphatic rings. The molecule has 1 rings (SSSR count). The summed E-state index contributed by atoms with van der Waals surface area (Å²) in [4.78, 5) is 21.8. The Morgan fingerprint density at radius 1 is 1.29 bits per heavy atom. The fourth-order valence-electron chi connectivity index (χ4n) is 1.24. The number of carboxylic acids is 1. The third-order valence-corrected chi connectivity index (χ3v) is 2.29. The molecule has 10 heteroatoms. The van der Waals surface area contributed by atoms with E-state index in [-0.39, 0.29) is 5.69 Å². The van der Waals surface area contributed by atoms with Crippen LogP contribution in [0, 0.1) is 0 Å². The van der Waals surface area contributed by atoms with Gasteiger partial charge in [0.15, 0.2) is 0 Å². The van der Waals surface area contributed by atoms with Crippen molar-refractivity contribution in [3.63, 3.8) is 0 Å². The summed E-state index contributed by atoms with van der Waals surface area (Å²) in [5.74, 6) is -6.43. The van der Waals surface area contributed by atoms with Crippen molar-refractivity contribution < 1.29 is 37.4 Å². The molecule has 0 spiro atoms. The molecular weight excluding hydrogens is 300 g/mol. The summed E-state index contributed by atoms with van der Waals surface area (Å²) < 4.78 is 48.8. The van der Waals surface area contributed by atoms with Gasteiger partial charge in [0.1, 0.15) is 11.3 Å². The Balaban J connectivity index is 2.64. The minimum absolute atomic E-state index is 0.102. The molecule has 21 heavy (non-hydrogen) atoms. The number of halogens is 4. The van der Waals surface area contributed by atoms with Gasteiger partial charge in [-0.2, -0.15) is 8.78 Å². The van der Waals surface area contributed by atoms with Crippen LogP contribution in [0.2, 0.25) is 0 Å². The molecule has 0 unspecified atom stereocenters. The number of carboxylic acid groups (broad SMARTS) is 1. The number of aromatic carboxylic acids is 1. The molecule has 0 radical (unpaired) electrons. The molecule has 6 nitrogen and oxygen atoms in total. The van der Waals surface area contributed by atoms with E-state index in [2.05, 4.69) is 0 Å². The molecule has 116 valence electrons. The van der Waals surface area contributed by atoms with Gasteiger partial charge in [-0.1, -0.05) is 0 Å². The third kappa shape index (κ3) is 4.51. The normalized spacial score (nSPS) is 11.3. The lowest BCUT2D eigenvalue weighted by molar-refractivity contribution is -0.123. The molecule has 0 saturated carbocycles. The van der Waals surface area contributed by atoms with Gasteiger partial charge in [-0.25, -0.2) is 18.4 Å². The van der Waals surface area contributed by atoms with Crippen molar-refractivity contribution in [2.75, 3.05) is 11.9 Å². The van der Waals surface area contributed by atoms with Gasteiger partial charge in [0.05, 0.1) is 6.54 Å². The average molecular weight is 310 g/mol. The first-order valence-corrected chi connectivity index (χ1v) is 5.40. The number of phenols is 1. The van der Waals surface area contributed by atoms with Crippen LogP contribution in [0.25, 0.3) is 0 Å². The van der Waals surface area contributed by atoms with E-state index in [1.165, 1.54) is 5.32 Å². The Kier molecular flexibility index (Phi) is 4.95. The van der Waals surface area contributed by atoms with E-state index in [1.807, 2.05) is 5.32 Å². The second-order valence-electron chi connectivity index (χ2n) is 3.91. The van der Waals surface area contributed by atoms with Crippen molar-refractivity contribution in [2.24, 2.45) is 0 Å². The number of carbonyl (C=O) groups excluding carboxylic acids is 1. The number of aromatic hydroxyl groups is 1. The summed E-state index contributed by atoms with van der Waals surface area (Å²) in [6, 6.07) is 1.72. The lowest BCUT2D eigenvalue weighted by Gasteiger charge is -2.16. The van der Waals surface area contributed by atoms with E-state index >= 15 is 0 Å². The standard InChI is InChI=1S/C11H10F4N2O4/c12-9(13)11(14,15)4-16-10(21)17-5-1-2-6(8(19)20)7(18)3-5/h1-3,9,18H,4H2,(H,19,20)(H2,16,17,21). The maximum absolute atomic E-state index is 12.6. The zero-order valence-corrected chi connectivity index (χ0v) is 10.2. The van der Waals surface area contributed by atoms with E-state index < -0.39 is 42.2 Å². The SMILES string of the molecule is O=C(NCC(F)(F)C(F)F)Nc1ccc(C(=O)O)c(O)c1. The first-order chi connectivity index (χ1) is 9.63. The number of urea groups is 1. The number of amides is 2. The Morgan fingerprint density at radius 3 is 2.38 bits per heavy atom. The number of carbonyl (C=O) groups is 2. The van der Waals surface area contributed by atoms with Crippen LogP contribution in [-0.4, -0.2) is 41.1 Å². The van der Waals surface area contributed by atoms with Gasteiger partial charge in [-0.3, -0.25) is 0 Å². The van der Waals surface area contributed by atoms with Crippen LogP contribution < -0.4 is 10.6 Å². The maximum Gasteiger partial charge on any atom is 0.339 e. The van der Waals surface area contributed by atoms with Gasteiger partial charge in [-0.15, -0.1) is 0 Å². The van der Waals surface area contributed by atoms with E-state index in [4.69, 9.17) is 5.11 Å². The number of alkyl halides is 4. The molecule has 1 aromatic carbocycles. The number of rotatable bonds is 5. The first-order valence-electron chi connectivity index (χ1n) is 5.40. The van der Waals surface area contributed by atoms with Crippen molar-refractivity contribution in [1.29, 1.82) is 0 Å². The van der Waals surface area contributed by atoms with Crippen LogP contribution in [0.1, 0.15) is 10.4 Å². The Labute approximate surface area is 115 Å². The molecule has 1 aromatic rings. The van der Waals surface area contributed by atoms with Gasteiger partial charge in [0.2, 0.25) is 0 Å². The lowest BCUT2D eigenvalue weighted by Crippen LogP contribution is -2.42. The number of anilines is 1. The smallest absolute Gasteiger partial charge is 0.339 e. The van der Waals surface area contributed by atoms with Crippen molar-refractivity contribution in [3.05, 3.63) is 23.8 Å². The van der Waals surface area contributed by atoms with Gasteiger partial charge in [0, 0.05) is 11.8 Å². The quantitative estimate of drug-likeness (QED) is 0.626. The van der Waals surface area contributed by atoms with E-state index in [1.54, 1.807) is 0 Å². The highest BCUT2D eigenvalue weighted by Gasteiger charge is 2.40. The number of benzene rings is 1.